The van der Waals surface area contributed by atoms with Crippen LogP contribution in [0.1, 0.15) is 23.2 Å². The van der Waals surface area contributed by atoms with E-state index >= 15 is 0 Å². The summed E-state index contributed by atoms with van der Waals surface area (Å²) < 4.78 is 33.3. The molecule has 0 N–H and O–H groups in total. The standard InChI is InChI=1S/C20H23ClN2O4S3/c21-18-7-8-19(29-18)30(25,26)23-11-9-22(10-12-23)20(24)16-5-1-2-6-17(16)28-14-15-4-3-13-27-15/h1-2,5-8,15H,3-4,9-14H2. The number of carbonyl (C=O) groups excluding carboxylic acids is 1. The lowest BCUT2D eigenvalue weighted by Crippen LogP contribution is -2.50. The van der Waals surface area contributed by atoms with E-state index in [1.165, 1.54) is 10.4 Å². The minimum Gasteiger partial charge on any atom is -0.377 e. The fourth-order valence-corrected chi connectivity index (χ4v) is 7.77. The van der Waals surface area contributed by atoms with Crippen LogP contribution in [-0.2, 0) is 14.8 Å². The van der Waals surface area contributed by atoms with Gasteiger partial charge in [0.2, 0.25) is 0 Å². The minimum absolute atomic E-state index is 0.0540. The molecule has 1 unspecified atom stereocenters. The maximum Gasteiger partial charge on any atom is 0.255 e. The first kappa shape index (κ1) is 22.1. The minimum atomic E-state index is -3.57. The molecule has 2 aromatic rings. The van der Waals surface area contributed by atoms with Crippen LogP contribution in [-0.4, -0.2) is 68.2 Å². The number of nitrogens with zero attached hydrogens (tertiary/aromatic N) is 2. The van der Waals surface area contributed by atoms with Crippen LogP contribution in [0.2, 0.25) is 4.34 Å². The molecule has 6 nitrogen and oxygen atoms in total. The van der Waals surface area contributed by atoms with Crippen molar-refractivity contribution in [1.82, 2.24) is 9.21 Å². The second kappa shape index (κ2) is 9.58. The number of thiophene rings is 1. The van der Waals surface area contributed by atoms with Crippen molar-refractivity contribution >= 4 is 50.6 Å². The zero-order chi connectivity index (χ0) is 21.1. The van der Waals surface area contributed by atoms with Gasteiger partial charge in [-0.25, -0.2) is 8.42 Å². The summed E-state index contributed by atoms with van der Waals surface area (Å²) in [4.78, 5) is 15.8. The number of benzene rings is 1. The molecule has 10 heteroatoms. The van der Waals surface area contributed by atoms with E-state index in [9.17, 15) is 13.2 Å². The fourth-order valence-electron chi connectivity index (χ4n) is 3.59. The molecule has 2 saturated heterocycles. The first-order valence-corrected chi connectivity index (χ1v) is 13.5. The Hall–Kier alpha value is -1.10. The van der Waals surface area contributed by atoms with Crippen LogP contribution < -0.4 is 0 Å². The summed E-state index contributed by atoms with van der Waals surface area (Å²) in [5.41, 5.74) is 0.668. The Bertz CT molecular complexity index is 997. The second-order valence-electron chi connectivity index (χ2n) is 7.20. The highest BCUT2D eigenvalue weighted by molar-refractivity contribution is 7.99. The predicted molar refractivity (Wildman–Crippen MR) is 120 cm³/mol. The molecule has 2 fully saturated rings. The second-order valence-corrected chi connectivity index (χ2v) is 12.1. The molecule has 0 bridgehead atoms. The average molecular weight is 487 g/mol. The molecule has 1 aromatic heterocycles. The molecule has 2 aliphatic heterocycles. The smallest absolute Gasteiger partial charge is 0.255 e. The molecule has 1 atom stereocenters. The van der Waals surface area contributed by atoms with Crippen LogP contribution in [0, 0.1) is 0 Å². The van der Waals surface area contributed by atoms with Crippen molar-refractivity contribution in [2.45, 2.75) is 28.1 Å². The Kier molecular flexibility index (Phi) is 7.06. The molecule has 2 aliphatic rings. The topological polar surface area (TPSA) is 66.9 Å². The van der Waals surface area contributed by atoms with Gasteiger partial charge in [0.1, 0.15) is 4.21 Å². The number of sulfonamides is 1. The van der Waals surface area contributed by atoms with E-state index in [0.29, 0.717) is 23.0 Å². The number of halogens is 1. The van der Waals surface area contributed by atoms with Gasteiger partial charge in [-0.05, 0) is 37.1 Å². The largest absolute Gasteiger partial charge is 0.377 e. The highest BCUT2D eigenvalue weighted by atomic mass is 35.5. The van der Waals surface area contributed by atoms with Gasteiger partial charge in [0, 0.05) is 43.4 Å². The number of hydrogen-bond acceptors (Lipinski definition) is 6. The number of ether oxygens (including phenoxy) is 1. The Morgan fingerprint density at radius 2 is 1.93 bits per heavy atom. The van der Waals surface area contributed by atoms with Crippen LogP contribution in [0.15, 0.2) is 45.5 Å². The van der Waals surface area contributed by atoms with Gasteiger partial charge in [0.15, 0.2) is 0 Å². The van der Waals surface area contributed by atoms with Gasteiger partial charge in [0.25, 0.3) is 15.9 Å². The molecule has 0 radical (unpaired) electrons. The van der Waals surface area contributed by atoms with E-state index in [0.717, 1.165) is 41.4 Å². The van der Waals surface area contributed by atoms with Crippen molar-refractivity contribution < 1.29 is 17.9 Å². The summed E-state index contributed by atoms with van der Waals surface area (Å²) in [6.45, 7) is 2.09. The normalized spacial score (nSPS) is 20.6. The Labute approximate surface area is 190 Å². The SMILES string of the molecule is O=C(c1ccccc1SCC1CCCO1)N1CCN(S(=O)(=O)c2ccc(Cl)s2)CC1. The number of thioether (sulfide) groups is 1. The van der Waals surface area contributed by atoms with Crippen LogP contribution >= 0.6 is 34.7 Å². The Balaban J connectivity index is 1.40. The van der Waals surface area contributed by atoms with Gasteiger partial charge in [-0.2, -0.15) is 4.31 Å². The number of hydrogen-bond donors (Lipinski definition) is 0. The van der Waals surface area contributed by atoms with E-state index in [2.05, 4.69) is 0 Å². The summed E-state index contributed by atoms with van der Waals surface area (Å²) in [5, 5.41) is 0. The molecule has 0 saturated carbocycles. The molecule has 1 aromatic carbocycles. The molecular weight excluding hydrogens is 464 g/mol. The van der Waals surface area contributed by atoms with E-state index < -0.39 is 10.0 Å². The van der Waals surface area contributed by atoms with E-state index in [4.69, 9.17) is 16.3 Å². The molecule has 0 aliphatic carbocycles. The third-order valence-corrected chi connectivity index (χ3v) is 10.0. The van der Waals surface area contributed by atoms with Crippen molar-refractivity contribution in [3.8, 4) is 0 Å². The maximum atomic E-state index is 13.1. The third kappa shape index (κ3) is 4.87. The summed E-state index contributed by atoms with van der Waals surface area (Å²) in [7, 11) is -3.57. The monoisotopic (exact) mass is 486 g/mol. The van der Waals surface area contributed by atoms with Crippen LogP contribution in [0.25, 0.3) is 0 Å². The summed E-state index contributed by atoms with van der Waals surface area (Å²) in [6.07, 6.45) is 2.41. The van der Waals surface area contributed by atoms with Crippen molar-refractivity contribution in [2.24, 2.45) is 0 Å². The Morgan fingerprint density at radius 1 is 1.17 bits per heavy atom. The molecule has 162 valence electrons. The van der Waals surface area contributed by atoms with Gasteiger partial charge in [-0.3, -0.25) is 4.79 Å². The molecule has 30 heavy (non-hydrogen) atoms. The Morgan fingerprint density at radius 3 is 2.60 bits per heavy atom. The van der Waals surface area contributed by atoms with Gasteiger partial charge in [-0.15, -0.1) is 23.1 Å². The quantitative estimate of drug-likeness (QED) is 0.581. The summed E-state index contributed by atoms with van der Waals surface area (Å²) in [6, 6.07) is 10.7. The van der Waals surface area contributed by atoms with E-state index in [1.54, 1.807) is 22.7 Å². The van der Waals surface area contributed by atoms with Crippen molar-refractivity contribution in [1.29, 1.82) is 0 Å². The first-order valence-electron chi connectivity index (χ1n) is 9.83. The van der Waals surface area contributed by atoms with Crippen molar-refractivity contribution in [3.05, 3.63) is 46.3 Å². The van der Waals surface area contributed by atoms with Crippen molar-refractivity contribution in [2.75, 3.05) is 38.5 Å². The molecule has 3 heterocycles. The lowest BCUT2D eigenvalue weighted by atomic mass is 10.2. The van der Waals surface area contributed by atoms with Gasteiger partial charge in [0.05, 0.1) is 16.0 Å². The van der Waals surface area contributed by atoms with Gasteiger partial charge in [-0.1, -0.05) is 23.7 Å². The maximum absolute atomic E-state index is 13.1. The highest BCUT2D eigenvalue weighted by Crippen LogP contribution is 2.30. The van der Waals surface area contributed by atoms with Crippen LogP contribution in [0.3, 0.4) is 0 Å². The van der Waals surface area contributed by atoms with Crippen LogP contribution in [0.5, 0.6) is 0 Å². The van der Waals surface area contributed by atoms with Gasteiger partial charge < -0.3 is 9.64 Å². The third-order valence-electron chi connectivity index (χ3n) is 5.23. The van der Waals surface area contributed by atoms with Crippen LogP contribution in [0.4, 0.5) is 0 Å². The first-order chi connectivity index (χ1) is 14.4. The van der Waals surface area contributed by atoms with E-state index in [1.807, 2.05) is 24.3 Å². The number of rotatable bonds is 6. The number of piperazine rings is 1. The average Bonchev–Trinajstić information content (AvgIpc) is 3.44. The van der Waals surface area contributed by atoms with Crippen molar-refractivity contribution in [3.63, 3.8) is 0 Å². The fraction of sp³-hybridized carbons (Fsp3) is 0.450. The zero-order valence-electron chi connectivity index (χ0n) is 16.3. The predicted octanol–water partition coefficient (Wildman–Crippen LogP) is 3.82. The zero-order valence-corrected chi connectivity index (χ0v) is 19.5. The molecule has 0 spiro atoms. The lowest BCUT2D eigenvalue weighted by molar-refractivity contribution is 0.0694. The van der Waals surface area contributed by atoms with E-state index in [-0.39, 0.29) is 29.3 Å². The summed E-state index contributed by atoms with van der Waals surface area (Å²) >= 11 is 8.60. The molecule has 4 rings (SSSR count). The number of carbonyl (C=O) groups is 1. The lowest BCUT2D eigenvalue weighted by Gasteiger charge is -2.34. The molecular formula is C20H23ClN2O4S3. The summed E-state index contributed by atoms with van der Waals surface area (Å²) in [5.74, 6) is 0.779. The number of amides is 1. The van der Waals surface area contributed by atoms with Gasteiger partial charge >= 0.3 is 0 Å². The molecule has 1 amide bonds. The highest BCUT2D eigenvalue weighted by Gasteiger charge is 2.32.